The zero-order valence-corrected chi connectivity index (χ0v) is 12.4. The minimum Gasteiger partial charge on any atom is -0.314 e. The largest absolute Gasteiger partial charge is 0.314 e. The maximum atomic E-state index is 13.9. The Bertz CT molecular complexity index is 629. The highest BCUT2D eigenvalue weighted by Crippen LogP contribution is 2.24. The summed E-state index contributed by atoms with van der Waals surface area (Å²) in [6.07, 6.45) is 0.776. The fourth-order valence-electron chi connectivity index (χ4n) is 2.36. The van der Waals surface area contributed by atoms with Gasteiger partial charge in [0, 0.05) is 39.0 Å². The molecular weight excluding hydrogens is 305 g/mol. The first kappa shape index (κ1) is 16.3. The molecule has 1 aromatic rings. The summed E-state index contributed by atoms with van der Waals surface area (Å²) in [5, 5.41) is 3.16. The molecule has 1 aliphatic heterocycles. The molecule has 0 spiro atoms. The van der Waals surface area contributed by atoms with E-state index < -0.39 is 32.2 Å². The van der Waals surface area contributed by atoms with Gasteiger partial charge in [0.05, 0.1) is 0 Å². The number of nitrogens with zero attached hydrogens (tertiary/aromatic N) is 1. The molecule has 1 saturated heterocycles. The van der Waals surface area contributed by atoms with Gasteiger partial charge in [-0.1, -0.05) is 0 Å². The molecule has 0 bridgehead atoms. The van der Waals surface area contributed by atoms with Crippen molar-refractivity contribution in [2.45, 2.75) is 11.3 Å². The number of sulfone groups is 1. The number of nitrogens with one attached hydrogen (secondary N) is 1. The first-order valence-electron chi connectivity index (χ1n) is 6.60. The molecule has 4 nitrogen and oxygen atoms in total. The van der Waals surface area contributed by atoms with Crippen molar-refractivity contribution in [2.24, 2.45) is 0 Å². The van der Waals surface area contributed by atoms with E-state index in [9.17, 15) is 21.6 Å². The normalized spacial score (nSPS) is 17.1. The summed E-state index contributed by atoms with van der Waals surface area (Å²) < 4.78 is 64.0. The fourth-order valence-corrected chi connectivity index (χ4v) is 3.19. The van der Waals surface area contributed by atoms with Crippen molar-refractivity contribution in [3.05, 3.63) is 29.1 Å². The lowest BCUT2D eigenvalue weighted by atomic mass is 10.1. The van der Waals surface area contributed by atoms with E-state index in [-0.39, 0.29) is 12.0 Å². The first-order chi connectivity index (χ1) is 9.80. The van der Waals surface area contributed by atoms with Gasteiger partial charge in [-0.25, -0.2) is 21.6 Å². The second kappa shape index (κ2) is 6.33. The van der Waals surface area contributed by atoms with E-state index in [0.29, 0.717) is 12.8 Å². The maximum Gasteiger partial charge on any atom is 0.181 e. The zero-order chi connectivity index (χ0) is 15.6. The predicted octanol–water partition coefficient (Wildman–Crippen LogP) is 0.955. The molecule has 8 heteroatoms. The molecule has 0 saturated carbocycles. The molecule has 0 aromatic heterocycles. The van der Waals surface area contributed by atoms with Crippen LogP contribution in [-0.2, 0) is 16.3 Å². The summed E-state index contributed by atoms with van der Waals surface area (Å²) in [7, 11) is -4.15. The van der Waals surface area contributed by atoms with E-state index in [2.05, 4.69) is 10.2 Å². The van der Waals surface area contributed by atoms with Crippen molar-refractivity contribution in [1.82, 2.24) is 10.2 Å². The van der Waals surface area contributed by atoms with Crippen LogP contribution >= 0.6 is 0 Å². The number of halogens is 3. The highest BCUT2D eigenvalue weighted by molar-refractivity contribution is 7.90. The van der Waals surface area contributed by atoms with Gasteiger partial charge in [0.15, 0.2) is 21.5 Å². The van der Waals surface area contributed by atoms with Gasteiger partial charge in [-0.3, -0.25) is 0 Å². The summed E-state index contributed by atoms with van der Waals surface area (Å²) in [6, 6.07) is 0.775. The van der Waals surface area contributed by atoms with Crippen molar-refractivity contribution in [1.29, 1.82) is 0 Å². The summed E-state index contributed by atoms with van der Waals surface area (Å²) >= 11 is 0. The van der Waals surface area contributed by atoms with Crippen LogP contribution in [0.25, 0.3) is 0 Å². The van der Waals surface area contributed by atoms with Crippen molar-refractivity contribution >= 4 is 9.84 Å². The molecule has 0 aliphatic carbocycles. The molecule has 118 valence electrons. The monoisotopic (exact) mass is 322 g/mol. The molecule has 1 aromatic carbocycles. The van der Waals surface area contributed by atoms with Gasteiger partial charge in [-0.05, 0) is 18.1 Å². The third-order valence-corrected chi connectivity index (χ3v) is 4.59. The minimum atomic E-state index is -4.15. The second-order valence-electron chi connectivity index (χ2n) is 5.09. The highest BCUT2D eigenvalue weighted by atomic mass is 32.2. The maximum absolute atomic E-state index is 13.9. The van der Waals surface area contributed by atoms with Crippen molar-refractivity contribution in [2.75, 3.05) is 39.0 Å². The zero-order valence-electron chi connectivity index (χ0n) is 11.6. The number of hydrogen-bond acceptors (Lipinski definition) is 4. The summed E-state index contributed by atoms with van der Waals surface area (Å²) in [5.74, 6) is -4.16. The van der Waals surface area contributed by atoms with Crippen LogP contribution in [0.3, 0.4) is 0 Å². The Labute approximate surface area is 121 Å². The highest BCUT2D eigenvalue weighted by Gasteiger charge is 2.25. The Hall–Kier alpha value is -1.12. The number of piperazine rings is 1. The molecule has 0 amide bonds. The number of benzene rings is 1. The summed E-state index contributed by atoms with van der Waals surface area (Å²) in [4.78, 5) is 0.849. The number of rotatable bonds is 4. The minimum absolute atomic E-state index is 0.129. The Morgan fingerprint density at radius 3 is 2.38 bits per heavy atom. The standard InChI is InChI=1S/C13H17F3N2O2S/c1-21(19,20)13-10(14)8-9(11(15)12(13)16)2-5-18-6-3-17-4-7-18/h8,17H,2-7H2,1H3. The summed E-state index contributed by atoms with van der Waals surface area (Å²) in [5.41, 5.74) is -0.143. The van der Waals surface area contributed by atoms with Crippen LogP contribution in [0, 0.1) is 17.5 Å². The van der Waals surface area contributed by atoms with Gasteiger partial charge in [0.25, 0.3) is 0 Å². The fraction of sp³-hybridized carbons (Fsp3) is 0.538. The van der Waals surface area contributed by atoms with E-state index >= 15 is 0 Å². The van der Waals surface area contributed by atoms with Crippen LogP contribution in [0.1, 0.15) is 5.56 Å². The van der Waals surface area contributed by atoms with Crippen LogP contribution < -0.4 is 5.32 Å². The smallest absolute Gasteiger partial charge is 0.181 e. The van der Waals surface area contributed by atoms with Gasteiger partial charge in [0.2, 0.25) is 0 Å². The molecule has 1 aliphatic rings. The lowest BCUT2D eigenvalue weighted by molar-refractivity contribution is 0.242. The van der Waals surface area contributed by atoms with Crippen LogP contribution in [-0.4, -0.2) is 52.3 Å². The third-order valence-electron chi connectivity index (χ3n) is 3.47. The summed E-state index contributed by atoms with van der Waals surface area (Å²) in [6.45, 7) is 3.67. The Morgan fingerprint density at radius 2 is 1.81 bits per heavy atom. The third kappa shape index (κ3) is 3.75. The molecule has 0 atom stereocenters. The number of hydrogen-bond donors (Lipinski definition) is 1. The van der Waals surface area contributed by atoms with Crippen LogP contribution in [0.5, 0.6) is 0 Å². The van der Waals surface area contributed by atoms with Gasteiger partial charge in [0.1, 0.15) is 10.7 Å². The van der Waals surface area contributed by atoms with Crippen LogP contribution in [0.4, 0.5) is 13.2 Å². The Kier molecular flexibility index (Phi) is 4.90. The molecule has 1 heterocycles. The van der Waals surface area contributed by atoms with Gasteiger partial charge in [-0.2, -0.15) is 0 Å². The lowest BCUT2D eigenvalue weighted by Gasteiger charge is -2.27. The van der Waals surface area contributed by atoms with Crippen molar-refractivity contribution < 1.29 is 21.6 Å². The Morgan fingerprint density at radius 1 is 1.19 bits per heavy atom. The van der Waals surface area contributed by atoms with Gasteiger partial charge < -0.3 is 10.2 Å². The van der Waals surface area contributed by atoms with Crippen LogP contribution in [0.2, 0.25) is 0 Å². The van der Waals surface area contributed by atoms with Gasteiger partial charge >= 0.3 is 0 Å². The van der Waals surface area contributed by atoms with Crippen LogP contribution in [0.15, 0.2) is 11.0 Å². The van der Waals surface area contributed by atoms with E-state index in [1.807, 2.05) is 0 Å². The molecule has 1 N–H and O–H groups in total. The average Bonchev–Trinajstić information content (AvgIpc) is 2.41. The van der Waals surface area contributed by atoms with Crippen molar-refractivity contribution in [3.8, 4) is 0 Å². The predicted molar refractivity (Wildman–Crippen MR) is 72.4 cm³/mol. The van der Waals surface area contributed by atoms with Crippen molar-refractivity contribution in [3.63, 3.8) is 0 Å². The SMILES string of the molecule is CS(=O)(=O)c1c(F)cc(CCN2CCNCC2)c(F)c1F. The molecule has 0 radical (unpaired) electrons. The van der Waals surface area contributed by atoms with Gasteiger partial charge in [-0.15, -0.1) is 0 Å². The lowest BCUT2D eigenvalue weighted by Crippen LogP contribution is -2.44. The topological polar surface area (TPSA) is 49.4 Å². The molecule has 0 unspecified atom stereocenters. The second-order valence-corrected chi connectivity index (χ2v) is 7.04. The molecule has 21 heavy (non-hydrogen) atoms. The Balaban J connectivity index is 2.21. The molecular formula is C13H17F3N2O2S. The van der Waals surface area contributed by atoms with E-state index in [1.165, 1.54) is 0 Å². The van der Waals surface area contributed by atoms with E-state index in [4.69, 9.17) is 0 Å². The first-order valence-corrected chi connectivity index (χ1v) is 8.49. The van der Waals surface area contributed by atoms with E-state index in [1.54, 1.807) is 0 Å². The molecule has 1 fully saturated rings. The van der Waals surface area contributed by atoms with E-state index in [0.717, 1.165) is 32.2 Å². The molecule has 2 rings (SSSR count). The quantitative estimate of drug-likeness (QED) is 0.839. The average molecular weight is 322 g/mol.